The molecule has 0 fully saturated rings. The van der Waals surface area contributed by atoms with E-state index in [2.05, 4.69) is 46.4 Å². The molecule has 1 heterocycles. The standard InChI is InChI=1S/C18H19N3/c19-16(12-11-14-7-3-1-4-8-14)18-20-13-17(21-18)15-9-5-2-6-10-15/h1-10,13,16H,11-12,19H2,(H,20,21). The highest BCUT2D eigenvalue weighted by molar-refractivity contribution is 5.58. The average Bonchev–Trinajstić information content (AvgIpc) is 3.04. The van der Waals surface area contributed by atoms with Gasteiger partial charge in [0.15, 0.2) is 0 Å². The van der Waals surface area contributed by atoms with Crippen LogP contribution in [0.25, 0.3) is 11.3 Å². The molecule has 0 amide bonds. The molecule has 0 saturated heterocycles. The van der Waals surface area contributed by atoms with Crippen molar-refractivity contribution in [2.75, 3.05) is 0 Å². The summed E-state index contributed by atoms with van der Waals surface area (Å²) < 4.78 is 0. The zero-order valence-electron chi connectivity index (χ0n) is 11.9. The molecule has 1 aromatic heterocycles. The minimum absolute atomic E-state index is 0.0670. The second-order valence-electron chi connectivity index (χ2n) is 5.17. The summed E-state index contributed by atoms with van der Waals surface area (Å²) in [6.45, 7) is 0. The fourth-order valence-corrected chi connectivity index (χ4v) is 2.39. The first kappa shape index (κ1) is 13.6. The van der Waals surface area contributed by atoms with Crippen LogP contribution in [0.4, 0.5) is 0 Å². The zero-order chi connectivity index (χ0) is 14.5. The number of aryl methyl sites for hydroxylation is 1. The molecule has 21 heavy (non-hydrogen) atoms. The molecule has 3 aromatic rings. The maximum absolute atomic E-state index is 6.24. The van der Waals surface area contributed by atoms with Gasteiger partial charge < -0.3 is 10.7 Å². The zero-order valence-corrected chi connectivity index (χ0v) is 11.9. The van der Waals surface area contributed by atoms with Crippen molar-refractivity contribution in [1.29, 1.82) is 0 Å². The predicted molar refractivity (Wildman–Crippen MR) is 85.7 cm³/mol. The maximum atomic E-state index is 6.24. The number of hydrogen-bond donors (Lipinski definition) is 2. The molecule has 3 N–H and O–H groups in total. The van der Waals surface area contributed by atoms with Gasteiger partial charge in [0, 0.05) is 11.8 Å². The number of aromatic amines is 1. The van der Waals surface area contributed by atoms with Crippen LogP contribution in [0.1, 0.15) is 23.9 Å². The van der Waals surface area contributed by atoms with Crippen LogP contribution in [0.3, 0.4) is 0 Å². The van der Waals surface area contributed by atoms with Crippen molar-refractivity contribution in [2.45, 2.75) is 18.9 Å². The molecule has 2 aromatic carbocycles. The summed E-state index contributed by atoms with van der Waals surface area (Å²) in [7, 11) is 0. The summed E-state index contributed by atoms with van der Waals surface area (Å²) >= 11 is 0. The lowest BCUT2D eigenvalue weighted by Gasteiger charge is -2.08. The monoisotopic (exact) mass is 277 g/mol. The smallest absolute Gasteiger partial charge is 0.123 e. The number of hydrogen-bond acceptors (Lipinski definition) is 2. The summed E-state index contributed by atoms with van der Waals surface area (Å²) in [6.07, 6.45) is 3.77. The number of aromatic nitrogens is 2. The van der Waals surface area contributed by atoms with E-state index in [4.69, 9.17) is 5.73 Å². The number of benzene rings is 2. The number of rotatable bonds is 5. The van der Waals surface area contributed by atoms with Gasteiger partial charge in [0.25, 0.3) is 0 Å². The SMILES string of the molecule is NC(CCc1ccccc1)c1nc(-c2ccccc2)c[nH]1. The third-order valence-electron chi connectivity index (χ3n) is 3.61. The van der Waals surface area contributed by atoms with Crippen molar-refractivity contribution < 1.29 is 0 Å². The van der Waals surface area contributed by atoms with Crippen LogP contribution in [0, 0.1) is 0 Å². The van der Waals surface area contributed by atoms with Crippen molar-refractivity contribution in [3.63, 3.8) is 0 Å². The number of imidazole rings is 1. The summed E-state index contributed by atoms with van der Waals surface area (Å²) in [5, 5.41) is 0. The van der Waals surface area contributed by atoms with Gasteiger partial charge >= 0.3 is 0 Å². The maximum Gasteiger partial charge on any atom is 0.123 e. The van der Waals surface area contributed by atoms with Gasteiger partial charge in [-0.3, -0.25) is 0 Å². The second kappa shape index (κ2) is 6.37. The first-order chi connectivity index (χ1) is 10.3. The molecule has 0 aliphatic rings. The van der Waals surface area contributed by atoms with Gasteiger partial charge in [-0.05, 0) is 18.4 Å². The topological polar surface area (TPSA) is 54.7 Å². The molecule has 0 aliphatic carbocycles. The van der Waals surface area contributed by atoms with E-state index in [-0.39, 0.29) is 6.04 Å². The molecule has 106 valence electrons. The second-order valence-corrected chi connectivity index (χ2v) is 5.17. The molecule has 0 spiro atoms. The van der Waals surface area contributed by atoms with E-state index in [0.29, 0.717) is 0 Å². The van der Waals surface area contributed by atoms with E-state index in [9.17, 15) is 0 Å². The van der Waals surface area contributed by atoms with Gasteiger partial charge in [-0.2, -0.15) is 0 Å². The first-order valence-corrected chi connectivity index (χ1v) is 7.23. The largest absolute Gasteiger partial charge is 0.347 e. The summed E-state index contributed by atoms with van der Waals surface area (Å²) in [5.74, 6) is 0.852. The Hall–Kier alpha value is -2.39. The van der Waals surface area contributed by atoms with E-state index in [0.717, 1.165) is 29.9 Å². The minimum atomic E-state index is -0.0670. The van der Waals surface area contributed by atoms with Crippen LogP contribution in [0.15, 0.2) is 66.9 Å². The van der Waals surface area contributed by atoms with Gasteiger partial charge in [0.1, 0.15) is 5.82 Å². The predicted octanol–water partition coefficient (Wildman–Crippen LogP) is 3.71. The average molecular weight is 277 g/mol. The molecule has 1 unspecified atom stereocenters. The van der Waals surface area contributed by atoms with Crippen LogP contribution < -0.4 is 5.73 Å². The first-order valence-electron chi connectivity index (χ1n) is 7.23. The van der Waals surface area contributed by atoms with E-state index in [1.807, 2.05) is 30.5 Å². The molecule has 3 heteroatoms. The molecule has 1 atom stereocenters. The third-order valence-corrected chi connectivity index (χ3v) is 3.61. The highest BCUT2D eigenvalue weighted by Crippen LogP contribution is 2.20. The van der Waals surface area contributed by atoms with Gasteiger partial charge in [-0.25, -0.2) is 4.98 Å². The number of nitrogens with zero attached hydrogens (tertiary/aromatic N) is 1. The van der Waals surface area contributed by atoms with Crippen molar-refractivity contribution in [3.05, 3.63) is 78.2 Å². The Morgan fingerprint density at radius 2 is 1.62 bits per heavy atom. The Morgan fingerprint density at radius 3 is 2.33 bits per heavy atom. The van der Waals surface area contributed by atoms with E-state index in [1.54, 1.807) is 0 Å². The highest BCUT2D eigenvalue weighted by Gasteiger charge is 2.11. The number of H-pyrrole nitrogens is 1. The molecular formula is C18H19N3. The Bertz CT molecular complexity index is 674. The quantitative estimate of drug-likeness (QED) is 0.747. The Balaban J connectivity index is 1.66. The van der Waals surface area contributed by atoms with Gasteiger partial charge in [0.2, 0.25) is 0 Å². The molecule has 3 nitrogen and oxygen atoms in total. The van der Waals surface area contributed by atoms with Crippen LogP contribution in [-0.2, 0) is 6.42 Å². The van der Waals surface area contributed by atoms with Gasteiger partial charge in [-0.15, -0.1) is 0 Å². The molecular weight excluding hydrogens is 258 g/mol. The molecule has 0 bridgehead atoms. The van der Waals surface area contributed by atoms with Crippen LogP contribution in [0.5, 0.6) is 0 Å². The molecule has 3 rings (SSSR count). The lowest BCUT2D eigenvalue weighted by molar-refractivity contribution is 0.619. The van der Waals surface area contributed by atoms with Gasteiger partial charge in [0.05, 0.1) is 11.7 Å². The molecule has 0 saturated carbocycles. The summed E-state index contributed by atoms with van der Waals surface area (Å²) in [4.78, 5) is 7.82. The highest BCUT2D eigenvalue weighted by atomic mass is 15.0. The van der Waals surface area contributed by atoms with E-state index in [1.165, 1.54) is 5.56 Å². The van der Waals surface area contributed by atoms with Gasteiger partial charge in [-0.1, -0.05) is 60.7 Å². The van der Waals surface area contributed by atoms with Crippen molar-refractivity contribution in [1.82, 2.24) is 9.97 Å². The number of nitrogens with two attached hydrogens (primary N) is 1. The van der Waals surface area contributed by atoms with Crippen molar-refractivity contribution >= 4 is 0 Å². The van der Waals surface area contributed by atoms with Crippen LogP contribution >= 0.6 is 0 Å². The Kier molecular flexibility index (Phi) is 4.12. The Morgan fingerprint density at radius 1 is 0.952 bits per heavy atom. The lowest BCUT2D eigenvalue weighted by atomic mass is 10.1. The third kappa shape index (κ3) is 3.38. The lowest BCUT2D eigenvalue weighted by Crippen LogP contribution is -2.13. The Labute approximate surface area is 124 Å². The van der Waals surface area contributed by atoms with Crippen LogP contribution in [-0.4, -0.2) is 9.97 Å². The van der Waals surface area contributed by atoms with Crippen LogP contribution in [0.2, 0.25) is 0 Å². The van der Waals surface area contributed by atoms with E-state index >= 15 is 0 Å². The fourth-order valence-electron chi connectivity index (χ4n) is 2.39. The van der Waals surface area contributed by atoms with E-state index < -0.39 is 0 Å². The molecule has 0 radical (unpaired) electrons. The number of nitrogens with one attached hydrogen (secondary N) is 1. The minimum Gasteiger partial charge on any atom is -0.347 e. The fraction of sp³-hybridized carbons (Fsp3) is 0.167. The summed E-state index contributed by atoms with van der Waals surface area (Å²) in [5.41, 5.74) is 9.60. The molecule has 0 aliphatic heterocycles. The summed E-state index contributed by atoms with van der Waals surface area (Å²) in [6, 6.07) is 20.5. The normalized spacial score (nSPS) is 12.2. The van der Waals surface area contributed by atoms with Crippen molar-refractivity contribution in [2.24, 2.45) is 5.73 Å². The van der Waals surface area contributed by atoms with Crippen molar-refractivity contribution in [3.8, 4) is 11.3 Å².